The monoisotopic (exact) mass is 281 g/mol. The van der Waals surface area contributed by atoms with Crippen molar-refractivity contribution in [3.63, 3.8) is 0 Å². The van der Waals surface area contributed by atoms with Gasteiger partial charge < -0.3 is 4.90 Å². The lowest BCUT2D eigenvalue weighted by Gasteiger charge is -2.17. The van der Waals surface area contributed by atoms with E-state index >= 15 is 0 Å². The van der Waals surface area contributed by atoms with E-state index in [1.54, 1.807) is 11.9 Å². The SMILES string of the molecule is Cc1nc(CN(C)c2cc(F)cc([N+](=O)[O-])c2)cs1. The van der Waals surface area contributed by atoms with Gasteiger partial charge in [0.15, 0.2) is 0 Å². The molecule has 0 amide bonds. The molecule has 5 nitrogen and oxygen atoms in total. The third-order valence-corrected chi connectivity index (χ3v) is 3.41. The van der Waals surface area contributed by atoms with Gasteiger partial charge in [0, 0.05) is 24.2 Å². The Hall–Kier alpha value is -2.02. The summed E-state index contributed by atoms with van der Waals surface area (Å²) in [6.07, 6.45) is 0. The van der Waals surface area contributed by atoms with Crippen LogP contribution in [0.15, 0.2) is 23.6 Å². The first-order chi connectivity index (χ1) is 8.95. The van der Waals surface area contributed by atoms with E-state index in [2.05, 4.69) is 4.98 Å². The molecule has 7 heteroatoms. The first-order valence-electron chi connectivity index (χ1n) is 5.53. The van der Waals surface area contributed by atoms with Gasteiger partial charge in [-0.15, -0.1) is 11.3 Å². The van der Waals surface area contributed by atoms with Crippen LogP contribution in [0.2, 0.25) is 0 Å². The first kappa shape index (κ1) is 13.4. The summed E-state index contributed by atoms with van der Waals surface area (Å²) in [7, 11) is 1.74. The zero-order chi connectivity index (χ0) is 14.0. The van der Waals surface area contributed by atoms with Crippen molar-refractivity contribution in [2.45, 2.75) is 13.5 Å². The summed E-state index contributed by atoms with van der Waals surface area (Å²) >= 11 is 1.53. The maximum Gasteiger partial charge on any atom is 0.274 e. The second-order valence-corrected chi connectivity index (χ2v) is 5.20. The number of aryl methyl sites for hydroxylation is 1. The maximum absolute atomic E-state index is 13.3. The number of anilines is 1. The smallest absolute Gasteiger partial charge is 0.274 e. The van der Waals surface area contributed by atoms with Gasteiger partial charge in [-0.25, -0.2) is 9.37 Å². The Morgan fingerprint density at radius 3 is 2.79 bits per heavy atom. The fourth-order valence-electron chi connectivity index (χ4n) is 1.70. The molecular formula is C12H12FN3O2S. The number of rotatable bonds is 4. The van der Waals surface area contributed by atoms with E-state index in [9.17, 15) is 14.5 Å². The highest BCUT2D eigenvalue weighted by molar-refractivity contribution is 7.09. The minimum absolute atomic E-state index is 0.253. The molecule has 0 aliphatic rings. The van der Waals surface area contributed by atoms with Gasteiger partial charge in [0.2, 0.25) is 0 Å². The number of aromatic nitrogens is 1. The first-order valence-corrected chi connectivity index (χ1v) is 6.41. The summed E-state index contributed by atoms with van der Waals surface area (Å²) in [6.45, 7) is 2.38. The van der Waals surface area contributed by atoms with Gasteiger partial charge in [-0.3, -0.25) is 10.1 Å². The molecule has 0 bridgehead atoms. The molecule has 100 valence electrons. The van der Waals surface area contributed by atoms with Crippen molar-refractivity contribution < 1.29 is 9.31 Å². The van der Waals surface area contributed by atoms with Crippen LogP contribution in [-0.2, 0) is 6.54 Å². The number of thiazole rings is 1. The Morgan fingerprint density at radius 1 is 1.47 bits per heavy atom. The van der Waals surface area contributed by atoms with Gasteiger partial charge in [-0.2, -0.15) is 0 Å². The van der Waals surface area contributed by atoms with Crippen molar-refractivity contribution in [1.29, 1.82) is 0 Å². The highest BCUT2D eigenvalue weighted by Crippen LogP contribution is 2.24. The number of non-ortho nitro benzene ring substituents is 1. The summed E-state index contributed by atoms with van der Waals surface area (Å²) < 4.78 is 13.3. The second kappa shape index (κ2) is 5.31. The molecule has 19 heavy (non-hydrogen) atoms. The third kappa shape index (κ3) is 3.25. The molecular weight excluding hydrogens is 269 g/mol. The van der Waals surface area contributed by atoms with Crippen molar-refractivity contribution in [2.24, 2.45) is 0 Å². The number of benzene rings is 1. The molecule has 0 fully saturated rings. The van der Waals surface area contributed by atoms with Crippen LogP contribution >= 0.6 is 11.3 Å². The number of hydrogen-bond acceptors (Lipinski definition) is 5. The minimum atomic E-state index is -0.620. The van der Waals surface area contributed by atoms with Crippen LogP contribution in [0.4, 0.5) is 15.8 Å². The summed E-state index contributed by atoms with van der Waals surface area (Å²) in [6, 6.07) is 3.53. The lowest BCUT2D eigenvalue weighted by Crippen LogP contribution is -2.17. The van der Waals surface area contributed by atoms with E-state index < -0.39 is 10.7 Å². The molecule has 0 saturated carbocycles. The van der Waals surface area contributed by atoms with E-state index in [1.807, 2.05) is 12.3 Å². The number of halogens is 1. The molecule has 2 rings (SSSR count). The Labute approximate surface area is 113 Å². The molecule has 1 heterocycles. The normalized spacial score (nSPS) is 10.5. The quantitative estimate of drug-likeness (QED) is 0.638. The van der Waals surface area contributed by atoms with E-state index in [1.165, 1.54) is 23.5 Å². The molecule has 0 aliphatic heterocycles. The van der Waals surface area contributed by atoms with E-state index in [0.717, 1.165) is 16.8 Å². The number of nitrogens with zero attached hydrogens (tertiary/aromatic N) is 3. The zero-order valence-corrected chi connectivity index (χ0v) is 11.3. The summed E-state index contributed by atoms with van der Waals surface area (Å²) in [5, 5.41) is 13.6. The van der Waals surface area contributed by atoms with Crippen LogP contribution in [0.3, 0.4) is 0 Å². The molecule has 2 aromatic rings. The van der Waals surface area contributed by atoms with Crippen molar-refractivity contribution in [1.82, 2.24) is 4.98 Å². The fraction of sp³-hybridized carbons (Fsp3) is 0.250. The van der Waals surface area contributed by atoms with Crippen molar-refractivity contribution >= 4 is 22.7 Å². The summed E-state index contributed by atoms with van der Waals surface area (Å²) in [5.41, 5.74) is 1.06. The van der Waals surface area contributed by atoms with Gasteiger partial charge in [0.1, 0.15) is 5.82 Å². The Morgan fingerprint density at radius 2 is 2.21 bits per heavy atom. The number of nitro groups is 1. The second-order valence-electron chi connectivity index (χ2n) is 4.14. The van der Waals surface area contributed by atoms with Crippen LogP contribution < -0.4 is 4.90 Å². The fourth-order valence-corrected chi connectivity index (χ4v) is 2.30. The van der Waals surface area contributed by atoms with Crippen molar-refractivity contribution in [3.05, 3.63) is 50.2 Å². The predicted molar refractivity (Wildman–Crippen MR) is 72.0 cm³/mol. The van der Waals surface area contributed by atoms with Gasteiger partial charge in [-0.05, 0) is 13.0 Å². The van der Waals surface area contributed by atoms with E-state index in [-0.39, 0.29) is 5.69 Å². The van der Waals surface area contributed by atoms with Gasteiger partial charge in [0.25, 0.3) is 5.69 Å². The van der Waals surface area contributed by atoms with Crippen LogP contribution in [-0.4, -0.2) is 17.0 Å². The van der Waals surface area contributed by atoms with Crippen molar-refractivity contribution in [2.75, 3.05) is 11.9 Å². The van der Waals surface area contributed by atoms with Crippen LogP contribution in [0, 0.1) is 22.9 Å². The van der Waals surface area contributed by atoms with Crippen LogP contribution in [0.1, 0.15) is 10.7 Å². The molecule has 0 saturated heterocycles. The van der Waals surface area contributed by atoms with Crippen molar-refractivity contribution in [3.8, 4) is 0 Å². The topological polar surface area (TPSA) is 59.3 Å². The van der Waals surface area contributed by atoms with Gasteiger partial charge in [0.05, 0.1) is 28.2 Å². The lowest BCUT2D eigenvalue weighted by atomic mass is 10.2. The Kier molecular flexibility index (Phi) is 3.75. The molecule has 0 aliphatic carbocycles. The van der Waals surface area contributed by atoms with E-state index in [4.69, 9.17) is 0 Å². The Balaban J connectivity index is 2.23. The lowest BCUT2D eigenvalue weighted by molar-refractivity contribution is -0.385. The third-order valence-electron chi connectivity index (χ3n) is 2.58. The molecule has 0 atom stereocenters. The molecule has 0 N–H and O–H groups in total. The molecule has 0 spiro atoms. The molecule has 0 radical (unpaired) electrons. The average Bonchev–Trinajstić information content (AvgIpc) is 2.73. The summed E-state index contributed by atoms with van der Waals surface area (Å²) in [4.78, 5) is 16.1. The van der Waals surface area contributed by atoms with Crippen LogP contribution in [0.5, 0.6) is 0 Å². The largest absolute Gasteiger partial charge is 0.368 e. The zero-order valence-electron chi connectivity index (χ0n) is 10.5. The molecule has 1 aromatic heterocycles. The predicted octanol–water partition coefficient (Wildman–Crippen LogP) is 3.14. The Bertz CT molecular complexity index is 615. The summed E-state index contributed by atoms with van der Waals surface area (Å²) in [5.74, 6) is -0.620. The highest BCUT2D eigenvalue weighted by Gasteiger charge is 2.13. The number of nitro benzene ring substituents is 1. The average molecular weight is 281 g/mol. The van der Waals surface area contributed by atoms with Gasteiger partial charge >= 0.3 is 0 Å². The standard InChI is InChI=1S/C12H12FN3O2S/c1-8-14-10(7-19-8)6-15(2)11-3-9(13)4-12(5-11)16(17)18/h3-5,7H,6H2,1-2H3. The molecule has 1 aromatic carbocycles. The van der Waals surface area contributed by atoms with E-state index in [0.29, 0.717) is 12.2 Å². The highest BCUT2D eigenvalue weighted by atomic mass is 32.1. The number of hydrogen-bond donors (Lipinski definition) is 0. The minimum Gasteiger partial charge on any atom is -0.368 e. The van der Waals surface area contributed by atoms with Gasteiger partial charge in [-0.1, -0.05) is 0 Å². The maximum atomic E-state index is 13.3. The van der Waals surface area contributed by atoms with Crippen LogP contribution in [0.25, 0.3) is 0 Å². The molecule has 0 unspecified atom stereocenters.